The molecule has 3 rings (SSSR count). The minimum absolute atomic E-state index is 0.520. The molecular formula is C18H18ClN3O2. The summed E-state index contributed by atoms with van der Waals surface area (Å²) >= 11 is 6.14. The molecule has 0 aliphatic heterocycles. The van der Waals surface area contributed by atoms with Crippen molar-refractivity contribution in [2.45, 2.75) is 6.42 Å². The van der Waals surface area contributed by atoms with Gasteiger partial charge in [-0.25, -0.2) is 0 Å². The van der Waals surface area contributed by atoms with Crippen LogP contribution < -0.4 is 9.64 Å². The number of ether oxygens (including phenoxy) is 1. The van der Waals surface area contributed by atoms with Crippen molar-refractivity contribution < 1.29 is 9.26 Å². The first-order valence-electron chi connectivity index (χ1n) is 7.49. The number of nitrogens with zero attached hydrogens (tertiary/aromatic N) is 3. The van der Waals surface area contributed by atoms with Crippen molar-refractivity contribution in [2.24, 2.45) is 0 Å². The van der Waals surface area contributed by atoms with Crippen LogP contribution in [-0.2, 0) is 6.42 Å². The molecule has 0 radical (unpaired) electrons. The third kappa shape index (κ3) is 3.51. The van der Waals surface area contributed by atoms with Crippen LogP contribution in [0.1, 0.15) is 11.5 Å². The summed E-state index contributed by atoms with van der Waals surface area (Å²) < 4.78 is 10.5. The predicted molar refractivity (Wildman–Crippen MR) is 94.9 cm³/mol. The van der Waals surface area contributed by atoms with E-state index < -0.39 is 0 Å². The quantitative estimate of drug-likeness (QED) is 0.699. The lowest BCUT2D eigenvalue weighted by molar-refractivity contribution is 0.385. The van der Waals surface area contributed by atoms with Crippen LogP contribution in [0.3, 0.4) is 0 Å². The third-order valence-corrected chi connectivity index (χ3v) is 3.98. The number of halogens is 1. The Hall–Kier alpha value is -2.53. The number of benzene rings is 2. The topological polar surface area (TPSA) is 51.4 Å². The van der Waals surface area contributed by atoms with Crippen LogP contribution in [0, 0.1) is 0 Å². The van der Waals surface area contributed by atoms with Gasteiger partial charge >= 0.3 is 0 Å². The van der Waals surface area contributed by atoms with E-state index in [0.29, 0.717) is 28.9 Å². The van der Waals surface area contributed by atoms with E-state index in [4.69, 9.17) is 20.9 Å². The van der Waals surface area contributed by atoms with Gasteiger partial charge in [0.25, 0.3) is 0 Å². The highest BCUT2D eigenvalue weighted by Crippen LogP contribution is 2.26. The molecule has 0 unspecified atom stereocenters. The summed E-state index contributed by atoms with van der Waals surface area (Å²) in [6.45, 7) is 0. The molecule has 0 N–H and O–H groups in total. The molecule has 0 aliphatic carbocycles. The number of anilines is 1. The molecule has 0 fully saturated rings. The maximum atomic E-state index is 6.14. The first kappa shape index (κ1) is 16.3. The maximum absolute atomic E-state index is 6.14. The van der Waals surface area contributed by atoms with Crippen molar-refractivity contribution in [1.29, 1.82) is 0 Å². The average molecular weight is 344 g/mol. The normalized spacial score (nSPS) is 10.7. The molecule has 1 heterocycles. The fourth-order valence-corrected chi connectivity index (χ4v) is 2.63. The molecule has 124 valence electrons. The van der Waals surface area contributed by atoms with E-state index in [1.165, 1.54) is 0 Å². The van der Waals surface area contributed by atoms with Gasteiger partial charge in [-0.05, 0) is 42.0 Å². The van der Waals surface area contributed by atoms with E-state index in [1.807, 2.05) is 61.5 Å². The Balaban J connectivity index is 1.77. The van der Waals surface area contributed by atoms with Crippen molar-refractivity contribution in [3.63, 3.8) is 0 Å². The van der Waals surface area contributed by atoms with Crippen LogP contribution in [0.15, 0.2) is 47.0 Å². The maximum Gasteiger partial charge on any atom is 0.231 e. The van der Waals surface area contributed by atoms with Crippen LogP contribution in [-0.4, -0.2) is 31.3 Å². The van der Waals surface area contributed by atoms with Gasteiger partial charge in [-0.3, -0.25) is 0 Å². The van der Waals surface area contributed by atoms with E-state index in [1.54, 1.807) is 7.11 Å². The largest absolute Gasteiger partial charge is 0.495 e. The van der Waals surface area contributed by atoms with Crippen molar-refractivity contribution in [1.82, 2.24) is 10.1 Å². The Morgan fingerprint density at radius 3 is 2.50 bits per heavy atom. The summed E-state index contributed by atoms with van der Waals surface area (Å²) in [5.74, 6) is 1.77. The van der Waals surface area contributed by atoms with Gasteiger partial charge < -0.3 is 14.2 Å². The highest BCUT2D eigenvalue weighted by molar-refractivity contribution is 6.32. The summed E-state index contributed by atoms with van der Waals surface area (Å²) in [4.78, 5) is 6.50. The highest BCUT2D eigenvalue weighted by Gasteiger charge is 2.11. The molecule has 3 aromatic rings. The molecule has 2 aromatic carbocycles. The van der Waals surface area contributed by atoms with Gasteiger partial charge in [0.05, 0.1) is 18.6 Å². The smallest absolute Gasteiger partial charge is 0.231 e. The molecule has 0 amide bonds. The molecule has 0 aliphatic rings. The van der Waals surface area contributed by atoms with Crippen molar-refractivity contribution in [3.05, 3.63) is 58.9 Å². The number of methoxy groups -OCH3 is 1. The van der Waals surface area contributed by atoms with Crippen LogP contribution in [0.4, 0.5) is 5.69 Å². The summed E-state index contributed by atoms with van der Waals surface area (Å²) in [6.07, 6.45) is 0.520. The minimum Gasteiger partial charge on any atom is -0.495 e. The first-order chi connectivity index (χ1) is 11.6. The second-order valence-electron chi connectivity index (χ2n) is 5.60. The van der Waals surface area contributed by atoms with Crippen molar-refractivity contribution in [2.75, 3.05) is 26.1 Å². The molecule has 6 heteroatoms. The molecule has 0 bridgehead atoms. The zero-order valence-corrected chi connectivity index (χ0v) is 14.5. The lowest BCUT2D eigenvalue weighted by atomic mass is 10.1. The van der Waals surface area contributed by atoms with Crippen LogP contribution in [0.2, 0.25) is 5.02 Å². The van der Waals surface area contributed by atoms with E-state index >= 15 is 0 Å². The molecule has 0 spiro atoms. The van der Waals surface area contributed by atoms with Gasteiger partial charge in [0.2, 0.25) is 11.7 Å². The third-order valence-electron chi connectivity index (χ3n) is 3.68. The zero-order chi connectivity index (χ0) is 17.1. The Kier molecular flexibility index (Phi) is 4.71. The minimum atomic E-state index is 0.520. The van der Waals surface area contributed by atoms with Gasteiger partial charge in [-0.15, -0.1) is 0 Å². The van der Waals surface area contributed by atoms with E-state index in [2.05, 4.69) is 10.1 Å². The Labute approximate surface area is 145 Å². The molecular weight excluding hydrogens is 326 g/mol. The Morgan fingerprint density at radius 1 is 1.12 bits per heavy atom. The summed E-state index contributed by atoms with van der Waals surface area (Å²) in [5, 5.41) is 4.62. The van der Waals surface area contributed by atoms with Gasteiger partial charge in [0, 0.05) is 25.3 Å². The fraction of sp³-hybridized carbons (Fsp3) is 0.222. The molecule has 1 aromatic heterocycles. The van der Waals surface area contributed by atoms with Crippen molar-refractivity contribution >= 4 is 17.3 Å². The monoisotopic (exact) mass is 343 g/mol. The van der Waals surface area contributed by atoms with Gasteiger partial charge in [-0.2, -0.15) is 4.98 Å². The first-order valence-corrected chi connectivity index (χ1v) is 7.87. The summed E-state index contributed by atoms with van der Waals surface area (Å²) in [7, 11) is 5.59. The van der Waals surface area contributed by atoms with Crippen LogP contribution in [0.5, 0.6) is 5.75 Å². The summed E-state index contributed by atoms with van der Waals surface area (Å²) in [5.41, 5.74) is 3.03. The zero-order valence-electron chi connectivity index (χ0n) is 13.8. The lowest BCUT2D eigenvalue weighted by Gasteiger charge is -2.11. The van der Waals surface area contributed by atoms with E-state index in [9.17, 15) is 0 Å². The van der Waals surface area contributed by atoms with Gasteiger partial charge in [0.1, 0.15) is 5.75 Å². The van der Waals surface area contributed by atoms with Crippen molar-refractivity contribution in [3.8, 4) is 17.1 Å². The Bertz CT molecular complexity index is 829. The average Bonchev–Trinajstić information content (AvgIpc) is 3.03. The number of rotatable bonds is 5. The lowest BCUT2D eigenvalue weighted by Crippen LogP contribution is -2.07. The molecule has 0 saturated heterocycles. The Morgan fingerprint density at radius 2 is 1.88 bits per heavy atom. The molecule has 24 heavy (non-hydrogen) atoms. The van der Waals surface area contributed by atoms with E-state index in [0.717, 1.165) is 16.8 Å². The molecule has 0 atom stereocenters. The van der Waals surface area contributed by atoms with Gasteiger partial charge in [-0.1, -0.05) is 22.8 Å². The van der Waals surface area contributed by atoms with E-state index in [-0.39, 0.29) is 0 Å². The number of hydrogen-bond donors (Lipinski definition) is 0. The van der Waals surface area contributed by atoms with Gasteiger partial charge in [0.15, 0.2) is 0 Å². The number of hydrogen-bond acceptors (Lipinski definition) is 5. The molecule has 0 saturated carbocycles. The summed E-state index contributed by atoms with van der Waals surface area (Å²) in [6, 6.07) is 13.6. The predicted octanol–water partition coefficient (Wildman–Crippen LogP) is 4.06. The second-order valence-corrected chi connectivity index (χ2v) is 6.01. The fourth-order valence-electron chi connectivity index (χ4n) is 2.35. The van der Waals surface area contributed by atoms with Crippen LogP contribution >= 0.6 is 11.6 Å². The van der Waals surface area contributed by atoms with Crippen LogP contribution in [0.25, 0.3) is 11.4 Å². The second kappa shape index (κ2) is 6.93. The number of aromatic nitrogens is 2. The SMILES string of the molecule is COc1ccc(Cc2nc(-c3ccc(N(C)C)cc3)no2)cc1Cl. The standard InChI is InChI=1S/C18H18ClN3O2/c1-22(2)14-7-5-13(6-8-14)18-20-17(24-21-18)11-12-4-9-16(23-3)15(19)10-12/h4-10H,11H2,1-3H3. The highest BCUT2D eigenvalue weighted by atomic mass is 35.5. The molecule has 5 nitrogen and oxygen atoms in total.